The Morgan fingerprint density at radius 2 is 1.83 bits per heavy atom. The Kier molecular flexibility index (Phi) is 4.05. The first-order valence-electron chi connectivity index (χ1n) is 5.57. The molecule has 0 N–H and O–H groups in total. The van der Waals surface area contributed by atoms with E-state index in [0.29, 0.717) is 10.5 Å². The number of benzene rings is 2. The minimum absolute atomic E-state index is 0.275. The number of rotatable bonds is 3. The molecular weight excluding hydrogens is 247 g/mol. The van der Waals surface area contributed by atoms with Crippen LogP contribution in [0.4, 0.5) is 4.39 Å². The summed E-state index contributed by atoms with van der Waals surface area (Å²) >= 11 is 0. The maximum Gasteiger partial charge on any atom is 0.126 e. The van der Waals surface area contributed by atoms with E-state index >= 15 is 0 Å². The molecule has 2 aromatic rings. The molecule has 0 aliphatic heterocycles. The molecule has 3 heteroatoms. The Morgan fingerprint density at radius 3 is 2.50 bits per heavy atom. The van der Waals surface area contributed by atoms with Gasteiger partial charge in [0.1, 0.15) is 5.82 Å². The van der Waals surface area contributed by atoms with Crippen LogP contribution < -0.4 is 0 Å². The van der Waals surface area contributed by atoms with Crippen molar-refractivity contribution in [3.63, 3.8) is 0 Å². The van der Waals surface area contributed by atoms with Crippen molar-refractivity contribution in [1.29, 1.82) is 0 Å². The fourth-order valence-electron chi connectivity index (χ4n) is 1.53. The molecule has 0 saturated carbocycles. The van der Waals surface area contributed by atoms with Gasteiger partial charge in [0.05, 0.1) is 10.8 Å². The molecule has 0 saturated heterocycles. The number of hydrogen-bond acceptors (Lipinski definition) is 1. The Hall–Kier alpha value is -1.74. The van der Waals surface area contributed by atoms with Gasteiger partial charge in [-0.15, -0.1) is 0 Å². The number of aryl methyl sites for hydroxylation is 1. The van der Waals surface area contributed by atoms with E-state index in [9.17, 15) is 8.60 Å². The lowest BCUT2D eigenvalue weighted by Gasteiger charge is -2.00. The molecule has 18 heavy (non-hydrogen) atoms. The standard InChI is InChI=1S/C15H13FOS/c1-12-11-14(7-8-15(12)16)18(17)10-9-13-5-3-2-4-6-13/h2-11H,1H3/t18-/m1/s1. The summed E-state index contributed by atoms with van der Waals surface area (Å²) in [5.41, 5.74) is 1.50. The average Bonchev–Trinajstić information content (AvgIpc) is 2.40. The van der Waals surface area contributed by atoms with Gasteiger partial charge in [0.2, 0.25) is 0 Å². The van der Waals surface area contributed by atoms with Gasteiger partial charge >= 0.3 is 0 Å². The van der Waals surface area contributed by atoms with Gasteiger partial charge in [-0.1, -0.05) is 30.3 Å². The molecule has 1 nitrogen and oxygen atoms in total. The van der Waals surface area contributed by atoms with E-state index in [0.717, 1.165) is 5.56 Å². The van der Waals surface area contributed by atoms with Crippen LogP contribution in [0.25, 0.3) is 6.08 Å². The highest BCUT2D eigenvalue weighted by atomic mass is 32.2. The molecule has 0 fully saturated rings. The van der Waals surface area contributed by atoms with E-state index in [1.165, 1.54) is 6.07 Å². The highest BCUT2D eigenvalue weighted by Crippen LogP contribution is 2.14. The van der Waals surface area contributed by atoms with Crippen LogP contribution in [0.15, 0.2) is 58.8 Å². The minimum atomic E-state index is -1.25. The average molecular weight is 260 g/mol. The molecule has 0 amide bonds. The van der Waals surface area contributed by atoms with E-state index in [2.05, 4.69) is 0 Å². The first kappa shape index (κ1) is 12.7. The van der Waals surface area contributed by atoms with Crippen molar-refractivity contribution in [2.24, 2.45) is 0 Å². The van der Waals surface area contributed by atoms with Gasteiger partial charge in [-0.25, -0.2) is 8.60 Å². The third-order valence-electron chi connectivity index (χ3n) is 2.55. The van der Waals surface area contributed by atoms with Crippen molar-refractivity contribution in [2.45, 2.75) is 11.8 Å². The maximum absolute atomic E-state index is 13.1. The second kappa shape index (κ2) is 5.74. The smallest absolute Gasteiger partial charge is 0.126 e. The molecule has 0 spiro atoms. The molecule has 2 rings (SSSR count). The zero-order chi connectivity index (χ0) is 13.0. The second-order valence-electron chi connectivity index (χ2n) is 3.92. The monoisotopic (exact) mass is 260 g/mol. The minimum Gasteiger partial charge on any atom is -0.250 e. The lowest BCUT2D eigenvalue weighted by Crippen LogP contribution is -1.90. The van der Waals surface area contributed by atoms with Crippen LogP contribution in [0.5, 0.6) is 0 Å². The van der Waals surface area contributed by atoms with E-state index in [1.54, 1.807) is 30.5 Å². The summed E-state index contributed by atoms with van der Waals surface area (Å²) in [4.78, 5) is 0.612. The van der Waals surface area contributed by atoms with Gasteiger partial charge in [0.15, 0.2) is 0 Å². The molecule has 0 radical (unpaired) electrons. The molecule has 0 aromatic heterocycles. The summed E-state index contributed by atoms with van der Waals surface area (Å²) in [7, 11) is -1.25. The summed E-state index contributed by atoms with van der Waals surface area (Å²) in [5, 5.41) is 1.61. The molecule has 2 aromatic carbocycles. The highest BCUT2D eigenvalue weighted by Gasteiger charge is 2.03. The zero-order valence-corrected chi connectivity index (χ0v) is 10.8. The molecule has 92 valence electrons. The van der Waals surface area contributed by atoms with E-state index in [-0.39, 0.29) is 5.82 Å². The van der Waals surface area contributed by atoms with Crippen molar-refractivity contribution in [1.82, 2.24) is 0 Å². The summed E-state index contributed by atoms with van der Waals surface area (Å²) in [6, 6.07) is 14.1. The lowest BCUT2D eigenvalue weighted by molar-refractivity contribution is 0.616. The topological polar surface area (TPSA) is 17.1 Å². The van der Waals surface area contributed by atoms with Crippen molar-refractivity contribution in [3.05, 3.63) is 70.9 Å². The Labute approximate surface area is 108 Å². The first-order valence-corrected chi connectivity index (χ1v) is 6.78. The zero-order valence-electron chi connectivity index (χ0n) is 9.97. The third-order valence-corrected chi connectivity index (χ3v) is 3.65. The summed E-state index contributed by atoms with van der Waals surface area (Å²) in [5.74, 6) is -0.275. The van der Waals surface area contributed by atoms with Crippen molar-refractivity contribution in [3.8, 4) is 0 Å². The van der Waals surface area contributed by atoms with Crippen molar-refractivity contribution in [2.75, 3.05) is 0 Å². The number of hydrogen-bond donors (Lipinski definition) is 0. The van der Waals surface area contributed by atoms with Gasteiger partial charge in [0, 0.05) is 10.3 Å². The second-order valence-corrected chi connectivity index (χ2v) is 5.26. The highest BCUT2D eigenvalue weighted by molar-refractivity contribution is 7.88. The van der Waals surface area contributed by atoms with Crippen LogP contribution >= 0.6 is 0 Å². The Bertz CT molecular complexity index is 591. The molecule has 0 aliphatic carbocycles. The molecular formula is C15H13FOS. The molecule has 0 heterocycles. The van der Waals surface area contributed by atoms with Crippen molar-refractivity contribution >= 4 is 16.9 Å². The molecule has 0 aliphatic rings. The van der Waals surface area contributed by atoms with Gasteiger partial charge in [-0.05, 0) is 42.3 Å². The fraction of sp³-hybridized carbons (Fsp3) is 0.0667. The normalized spacial score (nSPS) is 12.8. The quantitative estimate of drug-likeness (QED) is 0.817. The van der Waals surface area contributed by atoms with Gasteiger partial charge < -0.3 is 0 Å². The van der Waals surface area contributed by atoms with Gasteiger partial charge in [0.25, 0.3) is 0 Å². The largest absolute Gasteiger partial charge is 0.250 e. The third kappa shape index (κ3) is 3.14. The first-order chi connectivity index (χ1) is 8.66. The molecule has 0 unspecified atom stereocenters. The predicted molar refractivity (Wildman–Crippen MR) is 73.0 cm³/mol. The number of halogens is 1. The van der Waals surface area contributed by atoms with E-state index in [4.69, 9.17) is 0 Å². The SMILES string of the molecule is Cc1cc([S@](=O)C=Cc2ccccc2)ccc1F. The van der Waals surface area contributed by atoms with Gasteiger partial charge in [-0.2, -0.15) is 0 Å². The fourth-order valence-corrected chi connectivity index (χ4v) is 2.46. The summed E-state index contributed by atoms with van der Waals surface area (Å²) in [6.07, 6.45) is 1.80. The van der Waals surface area contributed by atoms with Crippen LogP contribution in [0, 0.1) is 12.7 Å². The summed E-state index contributed by atoms with van der Waals surface area (Å²) in [6.45, 7) is 1.66. The Balaban J connectivity index is 2.17. The van der Waals surface area contributed by atoms with Crippen LogP contribution in [-0.2, 0) is 10.8 Å². The summed E-state index contributed by atoms with van der Waals surface area (Å²) < 4.78 is 25.1. The van der Waals surface area contributed by atoms with Crippen LogP contribution in [0.1, 0.15) is 11.1 Å². The predicted octanol–water partition coefficient (Wildman–Crippen LogP) is 3.91. The van der Waals surface area contributed by atoms with E-state index in [1.807, 2.05) is 30.3 Å². The van der Waals surface area contributed by atoms with E-state index < -0.39 is 10.8 Å². The lowest BCUT2D eigenvalue weighted by atomic mass is 10.2. The van der Waals surface area contributed by atoms with Gasteiger partial charge in [-0.3, -0.25) is 0 Å². The van der Waals surface area contributed by atoms with Crippen LogP contribution in [-0.4, -0.2) is 4.21 Å². The van der Waals surface area contributed by atoms with Crippen LogP contribution in [0.3, 0.4) is 0 Å². The Morgan fingerprint density at radius 1 is 1.11 bits per heavy atom. The molecule has 0 bridgehead atoms. The van der Waals surface area contributed by atoms with Crippen LogP contribution in [0.2, 0.25) is 0 Å². The van der Waals surface area contributed by atoms with Crippen molar-refractivity contribution < 1.29 is 8.60 Å². The maximum atomic E-state index is 13.1. The molecule has 1 atom stereocenters.